The van der Waals surface area contributed by atoms with Crippen LogP contribution >= 0.6 is 0 Å². The average molecular weight is 609 g/mol. The second kappa shape index (κ2) is 21.3. The predicted molar refractivity (Wildman–Crippen MR) is 167 cm³/mol. The maximum absolute atomic E-state index is 5.13. The summed E-state index contributed by atoms with van der Waals surface area (Å²) >= 11 is 0. The number of nitrogens with zero attached hydrogens (tertiary/aromatic N) is 2. The Morgan fingerprint density at radius 3 is 1.50 bits per heavy atom. The van der Waals surface area contributed by atoms with E-state index in [1.165, 1.54) is 99.3 Å². The van der Waals surface area contributed by atoms with Gasteiger partial charge in [0.25, 0.3) is 0 Å². The summed E-state index contributed by atoms with van der Waals surface area (Å²) in [7, 11) is 0. The molecule has 0 heterocycles. The fourth-order valence-electron chi connectivity index (χ4n) is 4.82. The molecular weight excluding hydrogens is 555 g/mol. The molecule has 0 aromatic heterocycles. The summed E-state index contributed by atoms with van der Waals surface area (Å²) in [6.07, 6.45) is 21.2. The van der Waals surface area contributed by atoms with E-state index in [4.69, 9.17) is 9.98 Å². The number of hydrogen-bond donors (Lipinski definition) is 0. The van der Waals surface area contributed by atoms with Crippen molar-refractivity contribution in [2.75, 3.05) is 0 Å². The van der Waals surface area contributed by atoms with E-state index in [1.54, 1.807) is 0 Å². The van der Waals surface area contributed by atoms with Crippen LogP contribution < -0.4 is 0 Å². The summed E-state index contributed by atoms with van der Waals surface area (Å²) in [6, 6.07) is 13.7. The van der Waals surface area contributed by atoms with Gasteiger partial charge in [0.1, 0.15) is 0 Å². The largest absolute Gasteiger partial charge is 0.255 e. The minimum Gasteiger partial charge on any atom is -0.255 e. The van der Waals surface area contributed by atoms with Crippen LogP contribution in [0.25, 0.3) is 0 Å². The van der Waals surface area contributed by atoms with Crippen LogP contribution in [-0.4, -0.2) is 11.9 Å². The molecule has 2 nitrogen and oxygen atoms in total. The van der Waals surface area contributed by atoms with Gasteiger partial charge < -0.3 is 0 Å². The molecule has 2 aromatic rings. The predicted octanol–water partition coefficient (Wildman–Crippen LogP) is 11.1. The molecule has 0 spiro atoms. The molecule has 0 aliphatic rings. The molecule has 0 aliphatic carbocycles. The SMILES string of the molecule is CCCCCC(/C=N/c1ccc(CCCC)c(CCCC)c1)=N\c1ccc(CCCC)c(CCCC)c1.[Pd]. The Bertz CT molecular complexity index is 960. The van der Waals surface area contributed by atoms with Gasteiger partial charge in [-0.3, -0.25) is 9.98 Å². The molecule has 0 aliphatic heterocycles. The van der Waals surface area contributed by atoms with Crippen molar-refractivity contribution < 1.29 is 20.4 Å². The molecule has 214 valence electrons. The van der Waals surface area contributed by atoms with Crippen LogP contribution in [0.3, 0.4) is 0 Å². The number of benzene rings is 2. The zero-order valence-corrected chi connectivity index (χ0v) is 26.6. The Kier molecular flexibility index (Phi) is 19.3. The van der Waals surface area contributed by atoms with Gasteiger partial charge in [-0.05, 0) is 111 Å². The maximum atomic E-state index is 5.13. The van der Waals surface area contributed by atoms with Crippen molar-refractivity contribution in [2.45, 2.75) is 137 Å². The molecule has 0 fully saturated rings. The van der Waals surface area contributed by atoms with E-state index >= 15 is 0 Å². The summed E-state index contributed by atoms with van der Waals surface area (Å²) in [6.45, 7) is 11.4. The standard InChI is InChI=1S/C35H54N2.Pd/c1-6-11-16-21-35(37-34-25-23-30(18-13-8-3)32(27-34)20-15-10-5)28-36-33-24-22-29(17-12-7-2)31(26-33)19-14-9-4;/h22-28H,6-21H2,1-5H3;/b36-28+,37-35+;. The minimum atomic E-state index is 0. The molecule has 0 unspecified atom stereocenters. The molecule has 38 heavy (non-hydrogen) atoms. The van der Waals surface area contributed by atoms with Crippen molar-refractivity contribution in [1.82, 2.24) is 0 Å². The Hall–Kier alpha value is -1.56. The molecule has 2 aromatic carbocycles. The first-order chi connectivity index (χ1) is 18.1. The van der Waals surface area contributed by atoms with Crippen molar-refractivity contribution in [3.8, 4) is 0 Å². The zero-order chi connectivity index (χ0) is 26.7. The summed E-state index contributed by atoms with van der Waals surface area (Å²) in [4.78, 5) is 10.1. The minimum absolute atomic E-state index is 0. The molecule has 0 atom stereocenters. The van der Waals surface area contributed by atoms with E-state index in [1.807, 2.05) is 6.21 Å². The van der Waals surface area contributed by atoms with E-state index in [0.717, 1.165) is 42.8 Å². The summed E-state index contributed by atoms with van der Waals surface area (Å²) in [5, 5.41) is 0. The van der Waals surface area contributed by atoms with E-state index in [2.05, 4.69) is 71.0 Å². The Morgan fingerprint density at radius 1 is 0.553 bits per heavy atom. The van der Waals surface area contributed by atoms with Gasteiger partial charge in [0.05, 0.1) is 17.1 Å². The molecule has 0 saturated heterocycles. The summed E-state index contributed by atoms with van der Waals surface area (Å²) < 4.78 is 0. The van der Waals surface area contributed by atoms with Crippen molar-refractivity contribution in [3.63, 3.8) is 0 Å². The third-order valence-electron chi connectivity index (χ3n) is 7.25. The fourth-order valence-corrected chi connectivity index (χ4v) is 4.82. The van der Waals surface area contributed by atoms with Gasteiger partial charge in [0.2, 0.25) is 0 Å². The van der Waals surface area contributed by atoms with Crippen LogP contribution in [0.15, 0.2) is 46.4 Å². The number of unbranched alkanes of at least 4 members (excludes halogenated alkanes) is 6. The quantitative estimate of drug-likeness (QED) is 0.0861. The normalized spacial score (nSPS) is 11.8. The molecule has 0 amide bonds. The number of rotatable bonds is 19. The Balaban J connectivity index is 0.00000722. The van der Waals surface area contributed by atoms with Gasteiger partial charge in [0, 0.05) is 26.6 Å². The first-order valence-electron chi connectivity index (χ1n) is 15.5. The first-order valence-corrected chi connectivity index (χ1v) is 15.5. The summed E-state index contributed by atoms with van der Waals surface area (Å²) in [5.41, 5.74) is 9.24. The molecular formula is C35H54N2Pd. The van der Waals surface area contributed by atoms with Crippen LogP contribution in [0.4, 0.5) is 11.4 Å². The van der Waals surface area contributed by atoms with Gasteiger partial charge >= 0.3 is 0 Å². The van der Waals surface area contributed by atoms with Crippen molar-refractivity contribution in [2.24, 2.45) is 9.98 Å². The van der Waals surface area contributed by atoms with E-state index < -0.39 is 0 Å². The van der Waals surface area contributed by atoms with Gasteiger partial charge in [-0.2, -0.15) is 0 Å². The summed E-state index contributed by atoms with van der Waals surface area (Å²) in [5.74, 6) is 0. The van der Waals surface area contributed by atoms with E-state index in [9.17, 15) is 0 Å². The molecule has 0 radical (unpaired) electrons. The van der Waals surface area contributed by atoms with E-state index in [-0.39, 0.29) is 20.4 Å². The number of hydrogen-bond acceptors (Lipinski definition) is 2. The fraction of sp³-hybridized carbons (Fsp3) is 0.600. The maximum Gasteiger partial charge on any atom is 0.0636 e. The second-order valence-electron chi connectivity index (χ2n) is 10.6. The van der Waals surface area contributed by atoms with Crippen molar-refractivity contribution >= 4 is 23.3 Å². The molecule has 3 heteroatoms. The smallest absolute Gasteiger partial charge is 0.0636 e. The van der Waals surface area contributed by atoms with E-state index in [0.29, 0.717) is 0 Å². The monoisotopic (exact) mass is 608 g/mol. The second-order valence-corrected chi connectivity index (χ2v) is 10.6. The van der Waals surface area contributed by atoms with Gasteiger partial charge in [-0.1, -0.05) is 85.3 Å². The number of aliphatic imine (C=N–C) groups is 2. The topological polar surface area (TPSA) is 24.7 Å². The van der Waals surface area contributed by atoms with Gasteiger partial charge in [0.15, 0.2) is 0 Å². The van der Waals surface area contributed by atoms with Crippen LogP contribution in [0.5, 0.6) is 0 Å². The van der Waals surface area contributed by atoms with Crippen LogP contribution in [0.1, 0.15) is 134 Å². The zero-order valence-electron chi connectivity index (χ0n) is 25.1. The Labute approximate surface area is 248 Å². The van der Waals surface area contributed by atoms with Crippen molar-refractivity contribution in [3.05, 3.63) is 58.7 Å². The molecule has 0 N–H and O–H groups in total. The van der Waals surface area contributed by atoms with Crippen LogP contribution in [0, 0.1) is 0 Å². The third-order valence-corrected chi connectivity index (χ3v) is 7.25. The average Bonchev–Trinajstić information content (AvgIpc) is 2.92. The Morgan fingerprint density at radius 2 is 1.00 bits per heavy atom. The molecule has 2 rings (SSSR count). The van der Waals surface area contributed by atoms with Gasteiger partial charge in [-0.15, -0.1) is 0 Å². The van der Waals surface area contributed by atoms with Crippen LogP contribution in [0.2, 0.25) is 0 Å². The third kappa shape index (κ3) is 13.0. The number of aryl methyl sites for hydroxylation is 4. The first kappa shape index (κ1) is 34.5. The molecule has 0 bridgehead atoms. The van der Waals surface area contributed by atoms with Gasteiger partial charge in [-0.25, -0.2) is 0 Å². The van der Waals surface area contributed by atoms with Crippen LogP contribution in [-0.2, 0) is 46.1 Å². The molecule has 0 saturated carbocycles. The van der Waals surface area contributed by atoms with Crippen molar-refractivity contribution in [1.29, 1.82) is 0 Å².